The molecule has 2 heteroatoms. The largest absolute Gasteiger partial charge is 0.496 e. The summed E-state index contributed by atoms with van der Waals surface area (Å²) >= 11 is 0. The van der Waals surface area contributed by atoms with E-state index in [2.05, 4.69) is 38.2 Å². The minimum absolute atomic E-state index is 0.398. The fraction of sp³-hybridized carbons (Fsp3) is 0.429. The fourth-order valence-corrected chi connectivity index (χ4v) is 1.62. The average Bonchev–Trinajstić information content (AvgIpc) is 2.30. The lowest BCUT2D eigenvalue weighted by atomic mass is 10.1. The fourth-order valence-electron chi connectivity index (χ4n) is 1.62. The third-order valence-electron chi connectivity index (χ3n) is 2.72. The van der Waals surface area contributed by atoms with Gasteiger partial charge in [0.1, 0.15) is 5.75 Å². The molecule has 16 heavy (non-hydrogen) atoms. The van der Waals surface area contributed by atoms with Crippen LogP contribution in [0.5, 0.6) is 5.75 Å². The normalized spacial score (nSPS) is 13.6. The Morgan fingerprint density at radius 3 is 2.75 bits per heavy atom. The van der Waals surface area contributed by atoms with Crippen LogP contribution in [-0.2, 0) is 0 Å². The van der Waals surface area contributed by atoms with E-state index < -0.39 is 0 Å². The molecule has 0 heterocycles. The first-order chi connectivity index (χ1) is 7.69. The topological polar surface area (TPSA) is 21.3 Å². The Labute approximate surface area is 98.3 Å². The summed E-state index contributed by atoms with van der Waals surface area (Å²) in [6, 6.07) is 8.46. The number of nitrogens with one attached hydrogen (secondary N) is 1. The van der Waals surface area contributed by atoms with Crippen LogP contribution in [-0.4, -0.2) is 19.7 Å². The van der Waals surface area contributed by atoms with Crippen LogP contribution in [0.4, 0.5) is 0 Å². The highest BCUT2D eigenvalue weighted by molar-refractivity contribution is 5.60. The smallest absolute Gasteiger partial charge is 0.126 e. The van der Waals surface area contributed by atoms with Crippen LogP contribution >= 0.6 is 0 Å². The number of hydrogen-bond acceptors (Lipinski definition) is 2. The van der Waals surface area contributed by atoms with Crippen molar-refractivity contribution >= 4 is 6.08 Å². The number of methoxy groups -OCH3 is 1. The molecule has 0 spiro atoms. The number of ether oxygens (including phenoxy) is 1. The molecule has 0 fully saturated rings. The first-order valence-electron chi connectivity index (χ1n) is 5.73. The Hall–Kier alpha value is -1.28. The van der Waals surface area contributed by atoms with Crippen molar-refractivity contribution in [2.75, 3.05) is 13.7 Å². The maximum atomic E-state index is 5.32. The molecular weight excluding hydrogens is 198 g/mol. The lowest BCUT2D eigenvalue weighted by Crippen LogP contribution is -2.26. The van der Waals surface area contributed by atoms with Crippen molar-refractivity contribution in [2.45, 2.75) is 26.8 Å². The predicted molar refractivity (Wildman–Crippen MR) is 69.8 cm³/mol. The maximum absolute atomic E-state index is 5.32. The highest BCUT2D eigenvalue weighted by Gasteiger charge is 2.04. The average molecular weight is 219 g/mol. The van der Waals surface area contributed by atoms with Crippen molar-refractivity contribution in [3.63, 3.8) is 0 Å². The molecule has 0 saturated carbocycles. The van der Waals surface area contributed by atoms with Gasteiger partial charge in [0.25, 0.3) is 0 Å². The van der Waals surface area contributed by atoms with Crippen LogP contribution in [0.3, 0.4) is 0 Å². The Bertz CT molecular complexity index is 358. The lowest BCUT2D eigenvalue weighted by Gasteiger charge is -2.13. The van der Waals surface area contributed by atoms with Gasteiger partial charge < -0.3 is 10.1 Å². The van der Waals surface area contributed by atoms with E-state index in [0.717, 1.165) is 17.9 Å². The zero-order valence-electron chi connectivity index (χ0n) is 10.6. The molecule has 0 radical (unpaired) electrons. The molecule has 1 rings (SSSR count). The summed E-state index contributed by atoms with van der Waals surface area (Å²) in [4.78, 5) is 0. The summed E-state index contributed by atoms with van der Waals surface area (Å²) < 4.78 is 5.32. The Kier molecular flexibility index (Phi) is 5.06. The summed E-state index contributed by atoms with van der Waals surface area (Å²) in [7, 11) is 1.70. The second-order valence-electron chi connectivity index (χ2n) is 3.91. The van der Waals surface area contributed by atoms with E-state index in [9.17, 15) is 0 Å². The molecule has 88 valence electrons. The van der Waals surface area contributed by atoms with Crippen molar-refractivity contribution in [1.29, 1.82) is 0 Å². The molecule has 1 aromatic rings. The number of likely N-dealkylation sites (N-methyl/N-ethyl adjacent to an activating group) is 1. The highest BCUT2D eigenvalue weighted by atomic mass is 16.5. The minimum Gasteiger partial charge on any atom is -0.496 e. The van der Waals surface area contributed by atoms with Crippen molar-refractivity contribution in [1.82, 2.24) is 5.32 Å². The van der Waals surface area contributed by atoms with E-state index in [1.54, 1.807) is 7.11 Å². The summed E-state index contributed by atoms with van der Waals surface area (Å²) in [6.07, 6.45) is 2.17. The molecule has 0 aliphatic carbocycles. The molecular formula is C14H21NO. The van der Waals surface area contributed by atoms with Crippen LogP contribution < -0.4 is 10.1 Å². The molecule has 1 aromatic carbocycles. The van der Waals surface area contributed by atoms with Gasteiger partial charge >= 0.3 is 0 Å². The van der Waals surface area contributed by atoms with Crippen LogP contribution in [0.2, 0.25) is 0 Å². The molecule has 0 saturated heterocycles. The molecule has 1 atom stereocenters. The van der Waals surface area contributed by atoms with Gasteiger partial charge in [0.2, 0.25) is 0 Å². The first-order valence-corrected chi connectivity index (χ1v) is 5.73. The van der Waals surface area contributed by atoms with Gasteiger partial charge in [-0.25, -0.2) is 0 Å². The molecule has 0 aliphatic rings. The number of rotatable bonds is 5. The van der Waals surface area contributed by atoms with Crippen LogP contribution in [0.15, 0.2) is 29.8 Å². The highest BCUT2D eigenvalue weighted by Crippen LogP contribution is 2.21. The van der Waals surface area contributed by atoms with Crippen LogP contribution in [0.25, 0.3) is 6.08 Å². The molecule has 0 aliphatic heterocycles. The van der Waals surface area contributed by atoms with Gasteiger partial charge in [-0.1, -0.05) is 36.8 Å². The molecule has 1 unspecified atom stereocenters. The third kappa shape index (κ3) is 3.38. The summed E-state index contributed by atoms with van der Waals surface area (Å²) in [5, 5.41) is 3.39. The molecule has 0 amide bonds. The zero-order valence-corrected chi connectivity index (χ0v) is 10.6. The first kappa shape index (κ1) is 12.8. The van der Waals surface area contributed by atoms with Crippen molar-refractivity contribution in [3.05, 3.63) is 35.4 Å². The van der Waals surface area contributed by atoms with Gasteiger partial charge in [-0.3, -0.25) is 0 Å². The van der Waals surface area contributed by atoms with E-state index in [4.69, 9.17) is 4.74 Å². The van der Waals surface area contributed by atoms with Crippen molar-refractivity contribution < 1.29 is 4.74 Å². The SMILES string of the molecule is CCNC(C)/C(C)=C/c1ccccc1OC. The van der Waals surface area contributed by atoms with Gasteiger partial charge in [-0.15, -0.1) is 0 Å². The van der Waals surface area contributed by atoms with E-state index in [-0.39, 0.29) is 0 Å². The summed E-state index contributed by atoms with van der Waals surface area (Å²) in [5.74, 6) is 0.922. The van der Waals surface area contributed by atoms with E-state index in [1.807, 2.05) is 18.2 Å². The second-order valence-corrected chi connectivity index (χ2v) is 3.91. The van der Waals surface area contributed by atoms with Gasteiger partial charge in [0.15, 0.2) is 0 Å². The molecule has 0 aromatic heterocycles. The van der Waals surface area contributed by atoms with Gasteiger partial charge in [0, 0.05) is 11.6 Å². The zero-order chi connectivity index (χ0) is 12.0. The third-order valence-corrected chi connectivity index (χ3v) is 2.72. The minimum atomic E-state index is 0.398. The monoisotopic (exact) mass is 219 g/mol. The quantitative estimate of drug-likeness (QED) is 0.821. The van der Waals surface area contributed by atoms with Crippen molar-refractivity contribution in [2.24, 2.45) is 0 Å². The maximum Gasteiger partial charge on any atom is 0.126 e. The Morgan fingerprint density at radius 2 is 2.12 bits per heavy atom. The van der Waals surface area contributed by atoms with Crippen LogP contribution in [0, 0.1) is 0 Å². The number of para-hydroxylation sites is 1. The van der Waals surface area contributed by atoms with Crippen molar-refractivity contribution in [3.8, 4) is 5.75 Å². The van der Waals surface area contributed by atoms with E-state index >= 15 is 0 Å². The lowest BCUT2D eigenvalue weighted by molar-refractivity contribution is 0.414. The van der Waals surface area contributed by atoms with Gasteiger partial charge in [-0.05, 0) is 26.5 Å². The molecule has 0 bridgehead atoms. The standard InChI is InChI=1S/C14H21NO/c1-5-15-12(3)11(2)10-13-8-6-7-9-14(13)16-4/h6-10,12,15H,5H2,1-4H3/b11-10+. The second kappa shape index (κ2) is 6.33. The number of hydrogen-bond donors (Lipinski definition) is 1. The van der Waals surface area contributed by atoms with E-state index in [1.165, 1.54) is 5.57 Å². The van der Waals surface area contributed by atoms with Gasteiger partial charge in [-0.2, -0.15) is 0 Å². The Morgan fingerprint density at radius 1 is 1.44 bits per heavy atom. The number of benzene rings is 1. The van der Waals surface area contributed by atoms with Crippen LogP contribution in [0.1, 0.15) is 26.3 Å². The van der Waals surface area contributed by atoms with E-state index in [0.29, 0.717) is 6.04 Å². The summed E-state index contributed by atoms with van der Waals surface area (Å²) in [6.45, 7) is 7.41. The molecule has 1 N–H and O–H groups in total. The Balaban J connectivity index is 2.88. The molecule has 2 nitrogen and oxygen atoms in total. The summed E-state index contributed by atoms with van der Waals surface area (Å²) in [5.41, 5.74) is 2.44. The van der Waals surface area contributed by atoms with Gasteiger partial charge in [0.05, 0.1) is 7.11 Å². The predicted octanol–water partition coefficient (Wildman–Crippen LogP) is 3.10.